The highest BCUT2D eigenvalue weighted by Crippen LogP contribution is 2.30. The molecule has 4 heteroatoms. The Hall–Kier alpha value is -2.88. The van der Waals surface area contributed by atoms with Crippen LogP contribution < -0.4 is 0 Å². The minimum atomic E-state index is 0.0791. The Morgan fingerprint density at radius 1 is 1.00 bits per heavy atom. The number of hydrogen-bond acceptors (Lipinski definition) is 2. The molecule has 0 radical (unpaired) electrons. The number of para-hydroxylation sites is 1. The molecule has 3 aromatic rings. The molecule has 4 nitrogen and oxygen atoms in total. The van der Waals surface area contributed by atoms with E-state index in [9.17, 15) is 4.79 Å². The summed E-state index contributed by atoms with van der Waals surface area (Å²) in [7, 11) is 0. The van der Waals surface area contributed by atoms with Crippen molar-refractivity contribution in [1.82, 2.24) is 14.7 Å². The van der Waals surface area contributed by atoms with Crippen molar-refractivity contribution in [3.8, 4) is 16.9 Å². The number of rotatable bonds is 3. The highest BCUT2D eigenvalue weighted by Gasteiger charge is 2.30. The quantitative estimate of drug-likeness (QED) is 0.674. The number of hydrogen-bond donors (Lipinski definition) is 0. The van der Waals surface area contributed by atoms with E-state index in [1.807, 2.05) is 70.2 Å². The molecule has 2 atom stereocenters. The number of nitrogens with zero attached hydrogens (tertiary/aromatic N) is 3. The van der Waals surface area contributed by atoms with E-state index in [0.29, 0.717) is 11.5 Å². The SMILES string of the molecule is CC1CCN(C(=O)c2cnn(-c3ccccc3)c2-c2ccccc2)C(C)C1. The Labute approximate surface area is 160 Å². The lowest BCUT2D eigenvalue weighted by Gasteiger charge is -2.36. The number of carbonyl (C=O) groups excluding carboxylic acids is 1. The molecule has 0 aliphatic carbocycles. The summed E-state index contributed by atoms with van der Waals surface area (Å²) in [4.78, 5) is 15.4. The average Bonchev–Trinajstić information content (AvgIpc) is 3.14. The first-order chi connectivity index (χ1) is 13.1. The molecule has 1 amide bonds. The van der Waals surface area contributed by atoms with Crippen LogP contribution in [0.2, 0.25) is 0 Å². The Kier molecular flexibility index (Phi) is 4.80. The van der Waals surface area contributed by atoms with E-state index >= 15 is 0 Å². The summed E-state index contributed by atoms with van der Waals surface area (Å²) in [6, 6.07) is 20.3. The van der Waals surface area contributed by atoms with Gasteiger partial charge in [0.15, 0.2) is 0 Å². The molecule has 138 valence electrons. The van der Waals surface area contributed by atoms with Crippen molar-refractivity contribution >= 4 is 5.91 Å². The second-order valence-corrected chi connectivity index (χ2v) is 7.50. The van der Waals surface area contributed by atoms with Gasteiger partial charge in [-0.15, -0.1) is 0 Å². The molecular formula is C23H25N3O. The van der Waals surface area contributed by atoms with Gasteiger partial charge in [-0.25, -0.2) is 4.68 Å². The summed E-state index contributed by atoms with van der Waals surface area (Å²) in [5, 5.41) is 4.59. The van der Waals surface area contributed by atoms with Crippen LogP contribution in [0, 0.1) is 5.92 Å². The van der Waals surface area contributed by atoms with Crippen molar-refractivity contribution in [2.45, 2.75) is 32.7 Å². The summed E-state index contributed by atoms with van der Waals surface area (Å²) in [6.45, 7) is 5.23. The highest BCUT2D eigenvalue weighted by atomic mass is 16.2. The lowest BCUT2D eigenvalue weighted by molar-refractivity contribution is 0.0589. The van der Waals surface area contributed by atoms with Crippen molar-refractivity contribution in [3.63, 3.8) is 0 Å². The zero-order valence-electron chi connectivity index (χ0n) is 15.9. The number of amides is 1. The predicted octanol–water partition coefficient (Wildman–Crippen LogP) is 4.80. The Morgan fingerprint density at radius 3 is 2.33 bits per heavy atom. The smallest absolute Gasteiger partial charge is 0.257 e. The summed E-state index contributed by atoms with van der Waals surface area (Å²) < 4.78 is 1.87. The summed E-state index contributed by atoms with van der Waals surface area (Å²) in [5.74, 6) is 0.750. The monoisotopic (exact) mass is 359 g/mol. The lowest BCUT2D eigenvalue weighted by atomic mass is 9.92. The molecular weight excluding hydrogens is 334 g/mol. The second kappa shape index (κ2) is 7.39. The van der Waals surface area contributed by atoms with Crippen LogP contribution in [-0.4, -0.2) is 33.2 Å². The van der Waals surface area contributed by atoms with E-state index in [-0.39, 0.29) is 11.9 Å². The van der Waals surface area contributed by atoms with Crippen LogP contribution in [0.15, 0.2) is 66.9 Å². The van der Waals surface area contributed by atoms with Gasteiger partial charge in [0.05, 0.1) is 23.1 Å². The first kappa shape index (κ1) is 17.5. The number of likely N-dealkylation sites (tertiary alicyclic amines) is 1. The molecule has 2 aromatic carbocycles. The molecule has 2 unspecified atom stereocenters. The summed E-state index contributed by atoms with van der Waals surface area (Å²) >= 11 is 0. The maximum Gasteiger partial charge on any atom is 0.257 e. The fourth-order valence-electron chi connectivity index (χ4n) is 4.01. The first-order valence-corrected chi connectivity index (χ1v) is 9.65. The van der Waals surface area contributed by atoms with Crippen molar-refractivity contribution in [3.05, 3.63) is 72.4 Å². The van der Waals surface area contributed by atoms with E-state index < -0.39 is 0 Å². The van der Waals surface area contributed by atoms with E-state index in [1.54, 1.807) is 6.20 Å². The van der Waals surface area contributed by atoms with Gasteiger partial charge in [0.1, 0.15) is 0 Å². The molecule has 27 heavy (non-hydrogen) atoms. The van der Waals surface area contributed by atoms with Crippen LogP contribution in [-0.2, 0) is 0 Å². The van der Waals surface area contributed by atoms with Crippen molar-refractivity contribution in [1.29, 1.82) is 0 Å². The number of aromatic nitrogens is 2. The molecule has 4 rings (SSSR count). The summed E-state index contributed by atoms with van der Waals surface area (Å²) in [5.41, 5.74) is 3.49. The second-order valence-electron chi connectivity index (χ2n) is 7.50. The molecule has 0 spiro atoms. The molecule has 0 N–H and O–H groups in total. The lowest BCUT2D eigenvalue weighted by Crippen LogP contribution is -2.44. The number of piperidine rings is 1. The van der Waals surface area contributed by atoms with Crippen LogP contribution in [0.25, 0.3) is 16.9 Å². The van der Waals surface area contributed by atoms with Gasteiger partial charge >= 0.3 is 0 Å². The van der Waals surface area contributed by atoms with E-state index in [4.69, 9.17) is 0 Å². The van der Waals surface area contributed by atoms with Crippen molar-refractivity contribution < 1.29 is 4.79 Å². The maximum atomic E-state index is 13.4. The van der Waals surface area contributed by atoms with Gasteiger partial charge in [-0.05, 0) is 37.8 Å². The van der Waals surface area contributed by atoms with Crippen LogP contribution >= 0.6 is 0 Å². The van der Waals surface area contributed by atoms with Crippen molar-refractivity contribution in [2.75, 3.05) is 6.54 Å². The standard InChI is InChI=1S/C23H25N3O/c1-17-13-14-25(18(2)15-17)23(27)21-16-24-26(20-11-7-4-8-12-20)22(21)19-9-5-3-6-10-19/h3-12,16-18H,13-15H2,1-2H3. The molecule has 2 heterocycles. The third-order valence-corrected chi connectivity index (χ3v) is 5.45. The molecule has 1 saturated heterocycles. The van der Waals surface area contributed by atoms with Crippen molar-refractivity contribution in [2.24, 2.45) is 5.92 Å². The number of benzene rings is 2. The predicted molar refractivity (Wildman–Crippen MR) is 108 cm³/mol. The first-order valence-electron chi connectivity index (χ1n) is 9.65. The Morgan fingerprint density at radius 2 is 1.67 bits per heavy atom. The zero-order valence-corrected chi connectivity index (χ0v) is 15.9. The Balaban J connectivity index is 1.79. The fraction of sp³-hybridized carbons (Fsp3) is 0.304. The maximum absolute atomic E-state index is 13.4. The van der Waals surface area contributed by atoms with E-state index in [0.717, 1.165) is 36.3 Å². The fourth-order valence-corrected chi connectivity index (χ4v) is 4.01. The van der Waals surface area contributed by atoms with Gasteiger partial charge in [-0.3, -0.25) is 4.79 Å². The van der Waals surface area contributed by atoms with Crippen LogP contribution in [0.5, 0.6) is 0 Å². The van der Waals surface area contributed by atoms with Crippen LogP contribution in [0.1, 0.15) is 37.0 Å². The minimum absolute atomic E-state index is 0.0791. The minimum Gasteiger partial charge on any atom is -0.336 e. The molecule has 1 aliphatic rings. The topological polar surface area (TPSA) is 38.1 Å². The molecule has 1 aromatic heterocycles. The molecule has 0 saturated carbocycles. The van der Waals surface area contributed by atoms with Gasteiger partial charge in [0, 0.05) is 18.2 Å². The van der Waals surface area contributed by atoms with E-state index in [1.165, 1.54) is 0 Å². The van der Waals surface area contributed by atoms with Gasteiger partial charge in [0.2, 0.25) is 0 Å². The molecule has 0 bridgehead atoms. The number of carbonyl (C=O) groups is 1. The van der Waals surface area contributed by atoms with E-state index in [2.05, 4.69) is 18.9 Å². The Bertz CT molecular complexity index is 917. The molecule has 1 fully saturated rings. The zero-order chi connectivity index (χ0) is 18.8. The van der Waals surface area contributed by atoms with Gasteiger partial charge in [-0.1, -0.05) is 55.5 Å². The van der Waals surface area contributed by atoms with Gasteiger partial charge < -0.3 is 4.90 Å². The van der Waals surface area contributed by atoms with Crippen LogP contribution in [0.4, 0.5) is 0 Å². The molecule has 1 aliphatic heterocycles. The third-order valence-electron chi connectivity index (χ3n) is 5.45. The van der Waals surface area contributed by atoms with Crippen LogP contribution in [0.3, 0.4) is 0 Å². The average molecular weight is 359 g/mol. The largest absolute Gasteiger partial charge is 0.336 e. The third kappa shape index (κ3) is 3.39. The highest BCUT2D eigenvalue weighted by molar-refractivity contribution is 6.00. The summed E-state index contributed by atoms with van der Waals surface area (Å²) in [6.07, 6.45) is 3.84. The van der Waals surface area contributed by atoms with Gasteiger partial charge in [0.25, 0.3) is 5.91 Å². The normalized spacial score (nSPS) is 19.9. The van der Waals surface area contributed by atoms with Gasteiger partial charge in [-0.2, -0.15) is 5.10 Å².